The van der Waals surface area contributed by atoms with Crippen molar-refractivity contribution < 1.29 is 23.0 Å². The van der Waals surface area contributed by atoms with Gasteiger partial charge in [0.25, 0.3) is 11.4 Å². The molecule has 0 saturated heterocycles. The van der Waals surface area contributed by atoms with Gasteiger partial charge in [-0.2, -0.15) is 13.2 Å². The van der Waals surface area contributed by atoms with Crippen molar-refractivity contribution in [2.24, 2.45) is 5.73 Å². The molecule has 8 nitrogen and oxygen atoms in total. The Morgan fingerprint density at radius 2 is 1.50 bits per heavy atom. The molecule has 13 heteroatoms. The van der Waals surface area contributed by atoms with Crippen LogP contribution in [-0.2, 0) is 6.18 Å². The van der Waals surface area contributed by atoms with Crippen LogP contribution < -0.4 is 11.1 Å². The smallest absolute Gasteiger partial charge is 0.374 e. The second-order valence-corrected chi connectivity index (χ2v) is 4.32. The van der Waals surface area contributed by atoms with Crippen molar-refractivity contribution in [1.82, 2.24) is 0 Å². The number of anilines is 1. The van der Waals surface area contributed by atoms with Gasteiger partial charge >= 0.3 is 6.18 Å². The minimum atomic E-state index is -4.92. The zero-order valence-electron chi connectivity index (χ0n) is 12.0. The SMILES string of the molecule is Cl.Cl.NCCCCNc1c([N+](=O)[O-])cc(C(F)(F)F)cc1[N+](=O)[O-]. The normalized spacial score (nSPS) is 10.3. The van der Waals surface area contributed by atoms with Gasteiger partial charge in [-0.25, -0.2) is 0 Å². The molecule has 0 unspecified atom stereocenters. The summed E-state index contributed by atoms with van der Waals surface area (Å²) in [4.78, 5) is 19.7. The number of hydrogen-bond acceptors (Lipinski definition) is 6. The predicted octanol–water partition coefficient (Wildman–Crippen LogP) is 3.52. The first-order valence-electron chi connectivity index (χ1n) is 6.16. The summed E-state index contributed by atoms with van der Waals surface area (Å²) in [6.07, 6.45) is -3.89. The molecule has 3 N–H and O–H groups in total. The third kappa shape index (κ3) is 6.34. The van der Waals surface area contributed by atoms with Gasteiger partial charge in [0.05, 0.1) is 15.4 Å². The molecule has 0 fully saturated rings. The molecule has 0 radical (unpaired) electrons. The van der Waals surface area contributed by atoms with Crippen molar-refractivity contribution in [2.75, 3.05) is 18.4 Å². The summed E-state index contributed by atoms with van der Waals surface area (Å²) in [5.74, 6) is 0. The van der Waals surface area contributed by atoms with Crippen molar-refractivity contribution in [3.63, 3.8) is 0 Å². The average molecular weight is 395 g/mol. The lowest BCUT2D eigenvalue weighted by Gasteiger charge is -2.11. The number of nitro benzene ring substituents is 2. The molecular weight excluding hydrogens is 380 g/mol. The number of nitro groups is 2. The summed E-state index contributed by atoms with van der Waals surface area (Å²) in [7, 11) is 0. The van der Waals surface area contributed by atoms with Crippen molar-refractivity contribution in [2.45, 2.75) is 19.0 Å². The summed E-state index contributed by atoms with van der Waals surface area (Å²) in [5, 5.41) is 24.3. The molecule has 0 aromatic heterocycles. The van der Waals surface area contributed by atoms with Crippen molar-refractivity contribution in [3.8, 4) is 0 Å². The number of nitrogens with zero attached hydrogens (tertiary/aromatic N) is 2. The average Bonchev–Trinajstić information content (AvgIpc) is 2.41. The molecule has 0 saturated carbocycles. The van der Waals surface area contributed by atoms with E-state index >= 15 is 0 Å². The molecule has 0 aliphatic rings. The summed E-state index contributed by atoms with van der Waals surface area (Å²) in [6.45, 7) is 0.475. The van der Waals surface area contributed by atoms with Gasteiger partial charge < -0.3 is 11.1 Å². The number of nitrogens with one attached hydrogen (secondary N) is 1. The molecule has 0 aliphatic carbocycles. The first-order valence-corrected chi connectivity index (χ1v) is 6.16. The summed E-state index contributed by atoms with van der Waals surface area (Å²) < 4.78 is 38.0. The number of rotatable bonds is 7. The lowest BCUT2D eigenvalue weighted by atomic mass is 10.1. The first-order chi connectivity index (χ1) is 10.2. The second-order valence-electron chi connectivity index (χ2n) is 4.32. The molecule has 0 amide bonds. The number of benzene rings is 1. The van der Waals surface area contributed by atoms with Gasteiger partial charge in [0.15, 0.2) is 5.69 Å². The first kappa shape index (κ1) is 24.4. The Hall–Kier alpha value is -1.85. The zero-order valence-corrected chi connectivity index (χ0v) is 13.7. The second kappa shape index (κ2) is 10.1. The van der Waals surface area contributed by atoms with Gasteiger partial charge in [0, 0.05) is 18.7 Å². The van der Waals surface area contributed by atoms with Crippen LogP contribution in [0.5, 0.6) is 0 Å². The van der Waals surface area contributed by atoms with Gasteiger partial charge in [0.2, 0.25) is 0 Å². The topological polar surface area (TPSA) is 124 Å². The van der Waals surface area contributed by atoms with Crippen molar-refractivity contribution >= 4 is 41.9 Å². The molecule has 138 valence electrons. The number of alkyl halides is 3. The number of unbranched alkanes of at least 4 members (excludes halogenated alkanes) is 1. The predicted molar refractivity (Wildman–Crippen MR) is 86.0 cm³/mol. The Balaban J connectivity index is 0. The maximum atomic E-state index is 12.7. The van der Waals surface area contributed by atoms with Gasteiger partial charge in [0.1, 0.15) is 0 Å². The Morgan fingerprint density at radius 3 is 1.83 bits per heavy atom. The molecule has 1 rings (SSSR count). The molecule has 0 heterocycles. The Bertz CT molecular complexity index is 552. The van der Waals surface area contributed by atoms with E-state index in [1.165, 1.54) is 0 Å². The minimum absolute atomic E-state index is 0. The molecule has 0 bridgehead atoms. The van der Waals surface area contributed by atoms with E-state index in [4.69, 9.17) is 5.73 Å². The van der Waals surface area contributed by atoms with Crippen molar-refractivity contribution in [3.05, 3.63) is 37.9 Å². The quantitative estimate of drug-likeness (QED) is 0.414. The molecular formula is C11H15Cl2F3N4O4. The molecule has 0 atom stereocenters. The van der Waals surface area contributed by atoms with Crippen LogP contribution in [0.15, 0.2) is 12.1 Å². The third-order valence-electron chi connectivity index (χ3n) is 2.75. The van der Waals surface area contributed by atoms with Crippen LogP contribution in [0.1, 0.15) is 18.4 Å². The maximum absolute atomic E-state index is 12.7. The van der Waals surface area contributed by atoms with Gasteiger partial charge in [-0.3, -0.25) is 20.2 Å². The molecule has 1 aromatic rings. The van der Waals surface area contributed by atoms with E-state index in [1.54, 1.807) is 0 Å². The Kier molecular flexibility index (Phi) is 10.3. The Morgan fingerprint density at radius 1 is 1.04 bits per heavy atom. The fourth-order valence-corrected chi connectivity index (χ4v) is 1.73. The van der Waals surface area contributed by atoms with E-state index in [-0.39, 0.29) is 43.5 Å². The van der Waals surface area contributed by atoms with E-state index in [1.807, 2.05) is 0 Å². The molecule has 24 heavy (non-hydrogen) atoms. The van der Waals surface area contributed by atoms with Gasteiger partial charge in [-0.15, -0.1) is 24.8 Å². The van der Waals surface area contributed by atoms with E-state index in [0.717, 1.165) is 0 Å². The van der Waals surface area contributed by atoms with E-state index < -0.39 is 38.6 Å². The van der Waals surface area contributed by atoms with Crippen LogP contribution in [0.25, 0.3) is 0 Å². The van der Waals surface area contributed by atoms with Crippen LogP contribution in [0.4, 0.5) is 30.2 Å². The highest BCUT2D eigenvalue weighted by Gasteiger charge is 2.37. The zero-order chi connectivity index (χ0) is 16.9. The fraction of sp³-hybridized carbons (Fsp3) is 0.455. The molecule has 1 aromatic carbocycles. The van der Waals surface area contributed by atoms with Crippen LogP contribution >= 0.6 is 24.8 Å². The van der Waals surface area contributed by atoms with Gasteiger partial charge in [-0.1, -0.05) is 0 Å². The minimum Gasteiger partial charge on any atom is -0.374 e. The largest absolute Gasteiger partial charge is 0.416 e. The van der Waals surface area contributed by atoms with E-state index in [2.05, 4.69) is 5.32 Å². The highest BCUT2D eigenvalue weighted by Crippen LogP contribution is 2.41. The highest BCUT2D eigenvalue weighted by molar-refractivity contribution is 5.85. The Labute approximate surface area is 146 Å². The van der Waals surface area contributed by atoms with E-state index in [9.17, 15) is 33.4 Å². The number of halogens is 5. The van der Waals surface area contributed by atoms with Crippen LogP contribution in [0.3, 0.4) is 0 Å². The van der Waals surface area contributed by atoms with E-state index in [0.29, 0.717) is 19.4 Å². The monoisotopic (exact) mass is 394 g/mol. The van der Waals surface area contributed by atoms with Crippen LogP contribution in [0, 0.1) is 20.2 Å². The fourth-order valence-electron chi connectivity index (χ4n) is 1.73. The number of nitrogens with two attached hydrogens (primary N) is 1. The van der Waals surface area contributed by atoms with Crippen molar-refractivity contribution in [1.29, 1.82) is 0 Å². The van der Waals surface area contributed by atoms with Crippen LogP contribution in [-0.4, -0.2) is 22.9 Å². The summed E-state index contributed by atoms with van der Waals surface area (Å²) >= 11 is 0. The third-order valence-corrected chi connectivity index (χ3v) is 2.75. The van der Waals surface area contributed by atoms with Crippen LogP contribution in [0.2, 0.25) is 0 Å². The lowest BCUT2D eigenvalue weighted by Crippen LogP contribution is -2.12. The molecule has 0 aliphatic heterocycles. The standard InChI is InChI=1S/C11H13F3N4O4.2ClH/c12-11(13,14)7-5-8(17(19)20)10(9(6-7)18(21)22)16-4-2-1-3-15;;/h5-6,16H,1-4,15H2;2*1H. The lowest BCUT2D eigenvalue weighted by molar-refractivity contribution is -0.392. The maximum Gasteiger partial charge on any atom is 0.416 e. The number of hydrogen-bond donors (Lipinski definition) is 2. The highest BCUT2D eigenvalue weighted by atomic mass is 35.5. The summed E-state index contributed by atoms with van der Waals surface area (Å²) in [6, 6.07) is 0.552. The molecule has 0 spiro atoms. The summed E-state index contributed by atoms with van der Waals surface area (Å²) in [5.41, 5.74) is 1.29. The van der Waals surface area contributed by atoms with Gasteiger partial charge in [-0.05, 0) is 19.4 Å².